The SMILES string of the molecule is CC(NC(=O)CS(=O)(=O)CCCc1ccccc1)c1ccc2c(c1)OCO2. The topological polar surface area (TPSA) is 81.7 Å². The second kappa shape index (κ2) is 8.43. The maximum atomic E-state index is 12.2. The first kappa shape index (κ1) is 19.2. The van der Waals surface area contributed by atoms with Crippen LogP contribution in [0.3, 0.4) is 0 Å². The molecule has 27 heavy (non-hydrogen) atoms. The Bertz CT molecular complexity index is 896. The van der Waals surface area contributed by atoms with Gasteiger partial charge in [0.05, 0.1) is 11.8 Å². The van der Waals surface area contributed by atoms with E-state index in [0.717, 1.165) is 11.1 Å². The molecular formula is C20H23NO5S. The average Bonchev–Trinajstić information content (AvgIpc) is 3.09. The maximum Gasteiger partial charge on any atom is 0.235 e. The third kappa shape index (κ3) is 5.47. The van der Waals surface area contributed by atoms with Crippen molar-refractivity contribution in [2.24, 2.45) is 0 Å². The number of hydrogen-bond acceptors (Lipinski definition) is 5. The second-order valence-corrected chi connectivity index (χ2v) is 8.77. The zero-order valence-corrected chi connectivity index (χ0v) is 16.0. The molecule has 1 amide bonds. The van der Waals surface area contributed by atoms with Gasteiger partial charge in [0.1, 0.15) is 5.75 Å². The van der Waals surface area contributed by atoms with Gasteiger partial charge in [-0.15, -0.1) is 0 Å². The minimum Gasteiger partial charge on any atom is -0.454 e. The highest BCUT2D eigenvalue weighted by atomic mass is 32.2. The minimum absolute atomic E-state index is 0.00623. The maximum absolute atomic E-state index is 12.2. The Morgan fingerprint density at radius 3 is 2.63 bits per heavy atom. The van der Waals surface area contributed by atoms with E-state index in [0.29, 0.717) is 24.3 Å². The lowest BCUT2D eigenvalue weighted by Crippen LogP contribution is -2.33. The lowest BCUT2D eigenvalue weighted by atomic mass is 10.1. The number of rotatable bonds is 8. The van der Waals surface area contributed by atoms with Crippen molar-refractivity contribution < 1.29 is 22.7 Å². The summed E-state index contributed by atoms with van der Waals surface area (Å²) in [5.74, 6) is 0.282. The van der Waals surface area contributed by atoms with Crippen LogP contribution in [0, 0.1) is 0 Å². The minimum atomic E-state index is -3.45. The molecule has 1 atom stereocenters. The fourth-order valence-corrected chi connectivity index (χ4v) is 4.17. The number of benzene rings is 2. The molecule has 0 bridgehead atoms. The summed E-state index contributed by atoms with van der Waals surface area (Å²) in [5.41, 5.74) is 1.92. The molecule has 0 aromatic heterocycles. The number of carbonyl (C=O) groups is 1. The smallest absolute Gasteiger partial charge is 0.235 e. The van der Waals surface area contributed by atoms with Crippen LogP contribution in [0.25, 0.3) is 0 Å². The van der Waals surface area contributed by atoms with Crippen molar-refractivity contribution in [3.63, 3.8) is 0 Å². The van der Waals surface area contributed by atoms with Gasteiger partial charge in [0.2, 0.25) is 12.7 Å². The normalized spacial score (nSPS) is 14.0. The Morgan fingerprint density at radius 2 is 1.85 bits per heavy atom. The van der Waals surface area contributed by atoms with Gasteiger partial charge in [0.15, 0.2) is 21.3 Å². The van der Waals surface area contributed by atoms with Crippen LogP contribution in [0.5, 0.6) is 11.5 Å². The van der Waals surface area contributed by atoms with E-state index in [1.807, 2.05) is 36.4 Å². The third-order valence-electron chi connectivity index (χ3n) is 4.39. The van der Waals surface area contributed by atoms with Crippen LogP contribution in [-0.2, 0) is 21.1 Å². The summed E-state index contributed by atoms with van der Waals surface area (Å²) in [6.45, 7) is 1.98. The predicted octanol–water partition coefficient (Wildman–Crippen LogP) is 2.64. The molecule has 1 aliphatic heterocycles. The number of nitrogens with one attached hydrogen (secondary N) is 1. The Hall–Kier alpha value is -2.54. The molecular weight excluding hydrogens is 366 g/mol. The molecule has 0 saturated carbocycles. The second-order valence-electron chi connectivity index (χ2n) is 6.58. The summed E-state index contributed by atoms with van der Waals surface area (Å²) >= 11 is 0. The summed E-state index contributed by atoms with van der Waals surface area (Å²) < 4.78 is 35.0. The van der Waals surface area contributed by atoms with Crippen molar-refractivity contribution in [1.29, 1.82) is 0 Å². The summed E-state index contributed by atoms with van der Waals surface area (Å²) in [6.07, 6.45) is 1.17. The van der Waals surface area contributed by atoms with Crippen LogP contribution < -0.4 is 14.8 Å². The van der Waals surface area contributed by atoms with Crippen LogP contribution >= 0.6 is 0 Å². The van der Waals surface area contributed by atoms with Crippen molar-refractivity contribution in [2.75, 3.05) is 18.3 Å². The Labute approximate surface area is 159 Å². The fraction of sp³-hybridized carbons (Fsp3) is 0.350. The molecule has 2 aromatic rings. The van der Waals surface area contributed by atoms with E-state index >= 15 is 0 Å². The van der Waals surface area contributed by atoms with Gasteiger partial charge in [-0.3, -0.25) is 4.79 Å². The lowest BCUT2D eigenvalue weighted by molar-refractivity contribution is -0.119. The van der Waals surface area contributed by atoms with Gasteiger partial charge in [0, 0.05) is 0 Å². The van der Waals surface area contributed by atoms with Crippen LogP contribution in [0.1, 0.15) is 30.5 Å². The van der Waals surface area contributed by atoms with Crippen molar-refractivity contribution in [3.8, 4) is 11.5 Å². The highest BCUT2D eigenvalue weighted by Crippen LogP contribution is 2.34. The molecule has 1 N–H and O–H groups in total. The molecule has 1 heterocycles. The Balaban J connectivity index is 1.48. The first-order valence-corrected chi connectivity index (χ1v) is 10.7. The quantitative estimate of drug-likeness (QED) is 0.751. The number of sulfone groups is 1. The standard InChI is InChI=1S/C20H23NO5S/c1-15(17-9-10-18-19(12-17)26-14-25-18)21-20(22)13-27(23,24)11-5-8-16-6-3-2-4-7-16/h2-4,6-7,9-10,12,15H,5,8,11,13-14H2,1H3,(H,21,22). The van der Waals surface area contributed by atoms with Crippen molar-refractivity contribution in [1.82, 2.24) is 5.32 Å². The van der Waals surface area contributed by atoms with Gasteiger partial charge < -0.3 is 14.8 Å². The molecule has 1 aliphatic rings. The van der Waals surface area contributed by atoms with E-state index in [1.54, 1.807) is 19.1 Å². The van der Waals surface area contributed by atoms with Gasteiger partial charge in [-0.2, -0.15) is 0 Å². The van der Waals surface area contributed by atoms with Crippen LogP contribution in [-0.4, -0.2) is 32.6 Å². The van der Waals surface area contributed by atoms with Crippen LogP contribution in [0.2, 0.25) is 0 Å². The number of carbonyl (C=O) groups excluding carboxylic acids is 1. The first-order chi connectivity index (χ1) is 12.9. The van der Waals surface area contributed by atoms with Crippen LogP contribution in [0.15, 0.2) is 48.5 Å². The van der Waals surface area contributed by atoms with Gasteiger partial charge in [-0.05, 0) is 43.0 Å². The number of fused-ring (bicyclic) bond motifs is 1. The number of amides is 1. The lowest BCUT2D eigenvalue weighted by Gasteiger charge is -2.15. The highest BCUT2D eigenvalue weighted by molar-refractivity contribution is 7.92. The van der Waals surface area contributed by atoms with Crippen LogP contribution in [0.4, 0.5) is 0 Å². The molecule has 0 saturated heterocycles. The monoisotopic (exact) mass is 389 g/mol. The van der Waals surface area contributed by atoms with E-state index in [-0.39, 0.29) is 18.6 Å². The first-order valence-electron chi connectivity index (χ1n) is 8.86. The number of ether oxygens (including phenoxy) is 2. The Kier molecular flexibility index (Phi) is 6.01. The van der Waals surface area contributed by atoms with E-state index in [4.69, 9.17) is 9.47 Å². The largest absolute Gasteiger partial charge is 0.454 e. The van der Waals surface area contributed by atoms with Gasteiger partial charge in [0.25, 0.3) is 0 Å². The van der Waals surface area contributed by atoms with E-state index in [9.17, 15) is 13.2 Å². The van der Waals surface area contributed by atoms with Crippen molar-refractivity contribution in [3.05, 3.63) is 59.7 Å². The highest BCUT2D eigenvalue weighted by Gasteiger charge is 2.20. The van der Waals surface area contributed by atoms with Crippen molar-refractivity contribution >= 4 is 15.7 Å². The molecule has 144 valence electrons. The summed E-state index contributed by atoms with van der Waals surface area (Å²) in [7, 11) is -3.45. The van der Waals surface area contributed by atoms with Gasteiger partial charge in [-0.25, -0.2) is 8.42 Å². The average molecular weight is 389 g/mol. The molecule has 0 radical (unpaired) electrons. The summed E-state index contributed by atoms with van der Waals surface area (Å²) in [5, 5.41) is 2.74. The summed E-state index contributed by atoms with van der Waals surface area (Å²) in [4.78, 5) is 12.2. The van der Waals surface area contributed by atoms with Crippen molar-refractivity contribution in [2.45, 2.75) is 25.8 Å². The molecule has 0 fully saturated rings. The molecule has 0 aliphatic carbocycles. The zero-order valence-electron chi connectivity index (χ0n) is 15.2. The molecule has 0 spiro atoms. The van der Waals surface area contributed by atoms with E-state index in [1.165, 1.54) is 0 Å². The molecule has 3 rings (SSSR count). The molecule has 6 nitrogen and oxygen atoms in total. The molecule has 1 unspecified atom stereocenters. The predicted molar refractivity (Wildman–Crippen MR) is 103 cm³/mol. The molecule has 7 heteroatoms. The molecule has 2 aromatic carbocycles. The number of aryl methyl sites for hydroxylation is 1. The zero-order chi connectivity index (χ0) is 19.3. The number of hydrogen-bond donors (Lipinski definition) is 1. The van der Waals surface area contributed by atoms with E-state index < -0.39 is 21.5 Å². The fourth-order valence-electron chi connectivity index (χ4n) is 2.96. The van der Waals surface area contributed by atoms with Gasteiger partial charge in [-0.1, -0.05) is 36.4 Å². The Morgan fingerprint density at radius 1 is 1.11 bits per heavy atom. The summed E-state index contributed by atoms with van der Waals surface area (Å²) in [6, 6.07) is 14.8. The van der Waals surface area contributed by atoms with Gasteiger partial charge >= 0.3 is 0 Å². The third-order valence-corrected chi connectivity index (χ3v) is 6.00. The van der Waals surface area contributed by atoms with E-state index in [2.05, 4.69) is 5.32 Å².